The number of alkyl halides is 3. The lowest BCUT2D eigenvalue weighted by Crippen LogP contribution is -2.40. The molecule has 0 saturated carbocycles. The van der Waals surface area contributed by atoms with Crippen LogP contribution < -0.4 is 10.6 Å². The molecule has 1 aliphatic rings. The van der Waals surface area contributed by atoms with Crippen LogP contribution in [0.15, 0.2) is 36.7 Å². The summed E-state index contributed by atoms with van der Waals surface area (Å²) in [6, 6.07) is 4.57. The maximum atomic E-state index is 12.8. The molecule has 142 valence electrons. The van der Waals surface area contributed by atoms with Gasteiger partial charge in [0, 0.05) is 24.4 Å². The normalized spacial score (nSPS) is 17.3. The minimum atomic E-state index is -4.44. The topological polar surface area (TPSA) is 84.0 Å². The average Bonchev–Trinajstić information content (AvgIpc) is 2.62. The molecule has 1 atom stereocenters. The van der Waals surface area contributed by atoms with E-state index in [-0.39, 0.29) is 41.4 Å². The summed E-state index contributed by atoms with van der Waals surface area (Å²) in [5.41, 5.74) is -0.229. The standard InChI is InChI=1S/C18H17F3N4O2/c19-18(20,21)12-4-1-3-11(7-12)14-9-23-15(10-22-14)25-17(27)8-13-5-2-6-16(26)24-13/h1,3-4,7,9-10,13H,2,5-6,8H2,(H,24,26)(H,23,25,27). The number of nitrogens with zero attached hydrogens (tertiary/aromatic N) is 2. The average molecular weight is 378 g/mol. The van der Waals surface area contributed by atoms with Crippen LogP contribution in [-0.2, 0) is 15.8 Å². The van der Waals surface area contributed by atoms with Crippen molar-refractivity contribution in [2.75, 3.05) is 5.32 Å². The Morgan fingerprint density at radius 2 is 2.07 bits per heavy atom. The third-order valence-corrected chi connectivity index (χ3v) is 4.16. The Hall–Kier alpha value is -2.97. The van der Waals surface area contributed by atoms with Crippen molar-refractivity contribution >= 4 is 17.6 Å². The van der Waals surface area contributed by atoms with Crippen LogP contribution >= 0.6 is 0 Å². The van der Waals surface area contributed by atoms with Gasteiger partial charge in [0.25, 0.3) is 0 Å². The van der Waals surface area contributed by atoms with Crippen molar-refractivity contribution in [2.24, 2.45) is 0 Å². The first-order chi connectivity index (χ1) is 12.8. The molecule has 1 saturated heterocycles. The smallest absolute Gasteiger partial charge is 0.353 e. The highest BCUT2D eigenvalue weighted by molar-refractivity contribution is 5.90. The van der Waals surface area contributed by atoms with Crippen molar-refractivity contribution in [3.8, 4) is 11.3 Å². The number of carbonyl (C=O) groups excluding carboxylic acids is 2. The van der Waals surface area contributed by atoms with E-state index in [1.165, 1.54) is 24.5 Å². The van der Waals surface area contributed by atoms with Gasteiger partial charge in [-0.05, 0) is 25.0 Å². The zero-order valence-electron chi connectivity index (χ0n) is 14.2. The van der Waals surface area contributed by atoms with Gasteiger partial charge in [-0.1, -0.05) is 12.1 Å². The molecular formula is C18H17F3N4O2. The van der Waals surface area contributed by atoms with Gasteiger partial charge in [0.1, 0.15) is 0 Å². The van der Waals surface area contributed by atoms with Crippen LogP contribution in [0.1, 0.15) is 31.2 Å². The van der Waals surface area contributed by atoms with E-state index < -0.39 is 11.7 Å². The molecule has 1 aromatic heterocycles. The fourth-order valence-corrected chi connectivity index (χ4v) is 2.85. The molecule has 0 bridgehead atoms. The number of hydrogen-bond acceptors (Lipinski definition) is 4. The van der Waals surface area contributed by atoms with Gasteiger partial charge in [-0.3, -0.25) is 14.6 Å². The van der Waals surface area contributed by atoms with E-state index in [0.717, 1.165) is 25.0 Å². The molecule has 1 fully saturated rings. The van der Waals surface area contributed by atoms with Gasteiger partial charge in [-0.2, -0.15) is 13.2 Å². The van der Waals surface area contributed by atoms with Gasteiger partial charge in [-0.25, -0.2) is 4.98 Å². The molecule has 6 nitrogen and oxygen atoms in total. The minimum absolute atomic E-state index is 0.0655. The fraction of sp³-hybridized carbons (Fsp3) is 0.333. The first kappa shape index (κ1) is 18.8. The summed E-state index contributed by atoms with van der Waals surface area (Å²) < 4.78 is 38.4. The number of carbonyl (C=O) groups is 2. The van der Waals surface area contributed by atoms with E-state index in [0.29, 0.717) is 6.42 Å². The highest BCUT2D eigenvalue weighted by Crippen LogP contribution is 2.31. The van der Waals surface area contributed by atoms with E-state index in [4.69, 9.17) is 0 Å². The summed E-state index contributed by atoms with van der Waals surface area (Å²) in [6.07, 6.45) is 0.227. The minimum Gasteiger partial charge on any atom is -0.353 e. The molecule has 27 heavy (non-hydrogen) atoms. The molecule has 1 aromatic carbocycles. The fourth-order valence-electron chi connectivity index (χ4n) is 2.85. The Morgan fingerprint density at radius 1 is 1.26 bits per heavy atom. The van der Waals surface area contributed by atoms with Crippen molar-refractivity contribution in [2.45, 2.75) is 37.9 Å². The van der Waals surface area contributed by atoms with Crippen molar-refractivity contribution in [1.29, 1.82) is 0 Å². The second kappa shape index (κ2) is 7.73. The number of amides is 2. The number of hydrogen-bond donors (Lipinski definition) is 2. The molecule has 2 N–H and O–H groups in total. The highest BCUT2D eigenvalue weighted by Gasteiger charge is 2.30. The van der Waals surface area contributed by atoms with E-state index in [2.05, 4.69) is 20.6 Å². The number of aromatic nitrogens is 2. The van der Waals surface area contributed by atoms with E-state index in [1.54, 1.807) is 0 Å². The quantitative estimate of drug-likeness (QED) is 0.856. The lowest BCUT2D eigenvalue weighted by Gasteiger charge is -2.22. The van der Waals surface area contributed by atoms with Gasteiger partial charge in [0.2, 0.25) is 11.8 Å². The molecular weight excluding hydrogens is 361 g/mol. The van der Waals surface area contributed by atoms with E-state index in [1.807, 2.05) is 0 Å². The van der Waals surface area contributed by atoms with Gasteiger partial charge < -0.3 is 10.6 Å². The number of benzene rings is 1. The van der Waals surface area contributed by atoms with E-state index in [9.17, 15) is 22.8 Å². The second-order valence-corrected chi connectivity index (χ2v) is 6.27. The third kappa shape index (κ3) is 5.02. The zero-order valence-corrected chi connectivity index (χ0v) is 14.2. The van der Waals surface area contributed by atoms with Crippen LogP contribution in [-0.4, -0.2) is 27.8 Å². The van der Waals surface area contributed by atoms with Crippen LogP contribution in [0.3, 0.4) is 0 Å². The van der Waals surface area contributed by atoms with Gasteiger partial charge in [0.05, 0.1) is 23.7 Å². The summed E-state index contributed by atoms with van der Waals surface area (Å²) in [5.74, 6) is -0.189. The third-order valence-electron chi connectivity index (χ3n) is 4.16. The summed E-state index contributed by atoms with van der Waals surface area (Å²) in [5, 5.41) is 5.33. The maximum Gasteiger partial charge on any atom is 0.416 e. The number of nitrogens with one attached hydrogen (secondary N) is 2. The first-order valence-corrected chi connectivity index (χ1v) is 8.40. The molecule has 3 rings (SSSR count). The lowest BCUT2D eigenvalue weighted by atomic mass is 10.0. The van der Waals surface area contributed by atoms with Crippen LogP contribution in [0.4, 0.5) is 19.0 Å². The Labute approximate surface area is 153 Å². The van der Waals surface area contributed by atoms with Gasteiger partial charge in [0.15, 0.2) is 5.82 Å². The lowest BCUT2D eigenvalue weighted by molar-refractivity contribution is -0.137. The van der Waals surface area contributed by atoms with Gasteiger partial charge >= 0.3 is 6.18 Å². The molecule has 2 aromatic rings. The predicted octanol–water partition coefficient (Wildman–Crippen LogP) is 3.16. The number of rotatable bonds is 4. The van der Waals surface area contributed by atoms with Gasteiger partial charge in [-0.15, -0.1) is 0 Å². The molecule has 2 heterocycles. The number of anilines is 1. The Bertz CT molecular complexity index is 837. The molecule has 1 aliphatic heterocycles. The van der Waals surface area contributed by atoms with Crippen molar-refractivity contribution in [1.82, 2.24) is 15.3 Å². The summed E-state index contributed by atoms with van der Waals surface area (Å²) in [6.45, 7) is 0. The molecule has 1 unspecified atom stereocenters. The zero-order chi connectivity index (χ0) is 19.4. The second-order valence-electron chi connectivity index (χ2n) is 6.27. The van der Waals surface area contributed by atoms with Crippen molar-refractivity contribution in [3.05, 3.63) is 42.2 Å². The maximum absolute atomic E-state index is 12.8. The number of piperidine rings is 1. The largest absolute Gasteiger partial charge is 0.416 e. The van der Waals surface area contributed by atoms with Crippen LogP contribution in [0, 0.1) is 0 Å². The number of halogens is 3. The summed E-state index contributed by atoms with van der Waals surface area (Å²) >= 11 is 0. The summed E-state index contributed by atoms with van der Waals surface area (Å²) in [7, 11) is 0. The predicted molar refractivity (Wildman–Crippen MR) is 91.5 cm³/mol. The van der Waals surface area contributed by atoms with Crippen LogP contribution in [0.2, 0.25) is 0 Å². The van der Waals surface area contributed by atoms with E-state index >= 15 is 0 Å². The summed E-state index contributed by atoms with van der Waals surface area (Å²) in [4.78, 5) is 31.5. The molecule has 9 heteroatoms. The monoisotopic (exact) mass is 378 g/mol. The molecule has 0 aliphatic carbocycles. The Morgan fingerprint density at radius 3 is 2.74 bits per heavy atom. The van der Waals surface area contributed by atoms with Crippen LogP contribution in [0.25, 0.3) is 11.3 Å². The van der Waals surface area contributed by atoms with Crippen LogP contribution in [0.5, 0.6) is 0 Å². The Balaban J connectivity index is 1.63. The SMILES string of the molecule is O=C(CC1CCCC(=O)N1)Nc1cnc(-c2cccc(C(F)(F)F)c2)cn1. The first-order valence-electron chi connectivity index (χ1n) is 8.40. The molecule has 2 amide bonds. The highest BCUT2D eigenvalue weighted by atomic mass is 19.4. The molecule has 0 radical (unpaired) electrons. The molecule has 0 spiro atoms. The Kier molecular flexibility index (Phi) is 5.38. The van der Waals surface area contributed by atoms with Crippen molar-refractivity contribution in [3.63, 3.8) is 0 Å². The van der Waals surface area contributed by atoms with Crippen molar-refractivity contribution < 1.29 is 22.8 Å².